The maximum atomic E-state index is 11.5. The third-order valence-electron chi connectivity index (χ3n) is 3.52. The number of rotatable bonds is 6. The van der Waals surface area contributed by atoms with Crippen LogP contribution in [0, 0.1) is 0 Å². The van der Waals surface area contributed by atoms with Crippen molar-refractivity contribution in [3.05, 3.63) is 34.9 Å². The molecule has 1 aromatic rings. The van der Waals surface area contributed by atoms with E-state index in [1.807, 2.05) is 18.2 Å². The topological polar surface area (TPSA) is 75.4 Å². The normalized spacial score (nSPS) is 14.1. The van der Waals surface area contributed by atoms with Crippen LogP contribution in [0.15, 0.2) is 18.2 Å². The molecule has 5 heteroatoms. The van der Waals surface area contributed by atoms with Gasteiger partial charge in [0.1, 0.15) is 0 Å². The number of ketones is 1. The van der Waals surface area contributed by atoms with Crippen LogP contribution in [0.25, 0.3) is 0 Å². The Kier molecular flexibility index (Phi) is 4.87. The zero-order chi connectivity index (χ0) is 14.5. The number of nitrogens with zero attached hydrogens (tertiary/aromatic N) is 1. The van der Waals surface area contributed by atoms with Gasteiger partial charge >= 0.3 is 0 Å². The molecule has 0 aromatic heterocycles. The highest BCUT2D eigenvalue weighted by Gasteiger charge is 2.20. The average molecular weight is 275 g/mol. The van der Waals surface area contributed by atoms with E-state index in [0.717, 1.165) is 25.2 Å². The number of Topliss-reactive ketones (excluding diaryl/α,β-unsaturated/α-hetero) is 1. The number of nitrogens with one attached hydrogen (secondary N) is 1. The molecule has 20 heavy (non-hydrogen) atoms. The molecule has 0 radical (unpaired) electrons. The van der Waals surface area contributed by atoms with E-state index in [1.165, 1.54) is 11.1 Å². The van der Waals surface area contributed by atoms with E-state index in [1.54, 1.807) is 6.92 Å². The average Bonchev–Trinajstić information content (AvgIpc) is 2.84. The molecule has 1 heterocycles. The molecule has 1 aliphatic rings. The molecule has 3 N–H and O–H groups in total. The third kappa shape index (κ3) is 3.65. The van der Waals surface area contributed by atoms with Gasteiger partial charge in [0.2, 0.25) is 5.91 Å². The second-order valence-corrected chi connectivity index (χ2v) is 5.14. The van der Waals surface area contributed by atoms with Gasteiger partial charge in [-0.3, -0.25) is 14.5 Å². The molecule has 0 spiro atoms. The highest BCUT2D eigenvalue weighted by Crippen LogP contribution is 2.24. The SMILES string of the molecule is CC(=O)c1ccc2c(c1)CN(CCC(=O)NCCN)C2. The van der Waals surface area contributed by atoms with Crippen molar-refractivity contribution in [1.29, 1.82) is 0 Å². The lowest BCUT2D eigenvalue weighted by Gasteiger charge is -2.14. The molecule has 0 atom stereocenters. The number of benzene rings is 1. The zero-order valence-electron chi connectivity index (χ0n) is 11.8. The van der Waals surface area contributed by atoms with Crippen molar-refractivity contribution in [2.45, 2.75) is 26.4 Å². The van der Waals surface area contributed by atoms with Gasteiger partial charge in [0.25, 0.3) is 0 Å². The Morgan fingerprint density at radius 1 is 1.30 bits per heavy atom. The Labute approximate surface area is 119 Å². The summed E-state index contributed by atoms with van der Waals surface area (Å²) in [5.74, 6) is 0.128. The van der Waals surface area contributed by atoms with Crippen molar-refractivity contribution in [3.63, 3.8) is 0 Å². The first-order chi connectivity index (χ1) is 9.60. The van der Waals surface area contributed by atoms with E-state index in [-0.39, 0.29) is 11.7 Å². The summed E-state index contributed by atoms with van der Waals surface area (Å²) in [5.41, 5.74) is 8.54. The van der Waals surface area contributed by atoms with E-state index in [9.17, 15) is 9.59 Å². The monoisotopic (exact) mass is 275 g/mol. The first-order valence-electron chi connectivity index (χ1n) is 6.92. The van der Waals surface area contributed by atoms with E-state index >= 15 is 0 Å². The van der Waals surface area contributed by atoms with Crippen molar-refractivity contribution in [1.82, 2.24) is 10.2 Å². The fraction of sp³-hybridized carbons (Fsp3) is 0.467. The molecule has 1 amide bonds. The number of hydrogen-bond acceptors (Lipinski definition) is 4. The maximum absolute atomic E-state index is 11.5. The van der Waals surface area contributed by atoms with Gasteiger partial charge in [-0.05, 0) is 24.1 Å². The molecule has 5 nitrogen and oxygen atoms in total. The molecular weight excluding hydrogens is 254 g/mol. The smallest absolute Gasteiger partial charge is 0.221 e. The molecule has 0 fully saturated rings. The van der Waals surface area contributed by atoms with Gasteiger partial charge in [-0.15, -0.1) is 0 Å². The molecule has 0 saturated heterocycles. The van der Waals surface area contributed by atoms with E-state index < -0.39 is 0 Å². The summed E-state index contributed by atoms with van der Waals surface area (Å²) in [7, 11) is 0. The fourth-order valence-electron chi connectivity index (χ4n) is 2.40. The van der Waals surface area contributed by atoms with Crippen LogP contribution >= 0.6 is 0 Å². The number of amides is 1. The van der Waals surface area contributed by atoms with Crippen LogP contribution in [0.1, 0.15) is 34.8 Å². The second kappa shape index (κ2) is 6.63. The molecule has 1 aliphatic heterocycles. The highest BCUT2D eigenvalue weighted by atomic mass is 16.1. The van der Waals surface area contributed by atoms with Crippen LogP contribution in [0.4, 0.5) is 0 Å². The highest BCUT2D eigenvalue weighted by molar-refractivity contribution is 5.94. The number of fused-ring (bicyclic) bond motifs is 1. The quantitative estimate of drug-likeness (QED) is 0.748. The summed E-state index contributed by atoms with van der Waals surface area (Å²) in [6.45, 7) is 4.95. The van der Waals surface area contributed by atoms with Gasteiger partial charge in [-0.2, -0.15) is 0 Å². The summed E-state index contributed by atoms with van der Waals surface area (Å²) in [6, 6.07) is 5.85. The molecule has 108 valence electrons. The van der Waals surface area contributed by atoms with Gasteiger partial charge in [-0.1, -0.05) is 12.1 Å². The molecule has 0 bridgehead atoms. The van der Waals surface area contributed by atoms with Crippen LogP contribution in [0.5, 0.6) is 0 Å². The number of carbonyl (C=O) groups excluding carboxylic acids is 2. The van der Waals surface area contributed by atoms with Crippen molar-refractivity contribution in [3.8, 4) is 0 Å². The Morgan fingerprint density at radius 2 is 2.05 bits per heavy atom. The molecule has 2 rings (SSSR count). The first-order valence-corrected chi connectivity index (χ1v) is 6.92. The minimum atomic E-state index is 0.0378. The van der Waals surface area contributed by atoms with Crippen molar-refractivity contribution in [2.75, 3.05) is 19.6 Å². The van der Waals surface area contributed by atoms with Crippen LogP contribution in [0.3, 0.4) is 0 Å². The van der Waals surface area contributed by atoms with Crippen molar-refractivity contribution >= 4 is 11.7 Å². The minimum Gasteiger partial charge on any atom is -0.355 e. The van der Waals surface area contributed by atoms with Gasteiger partial charge in [0.05, 0.1) is 0 Å². The Bertz CT molecular complexity index is 514. The summed E-state index contributed by atoms with van der Waals surface area (Å²) in [5, 5.41) is 2.77. The van der Waals surface area contributed by atoms with Gasteiger partial charge in [0, 0.05) is 44.7 Å². The van der Waals surface area contributed by atoms with E-state index in [4.69, 9.17) is 5.73 Å². The predicted octanol–water partition coefficient (Wildman–Crippen LogP) is 0.670. The second-order valence-electron chi connectivity index (χ2n) is 5.14. The molecule has 0 saturated carbocycles. The van der Waals surface area contributed by atoms with Crippen LogP contribution < -0.4 is 11.1 Å². The van der Waals surface area contributed by atoms with Crippen molar-refractivity contribution < 1.29 is 9.59 Å². The minimum absolute atomic E-state index is 0.0378. The number of carbonyl (C=O) groups is 2. The molecular formula is C15H21N3O2. The van der Waals surface area contributed by atoms with E-state index in [2.05, 4.69) is 10.2 Å². The molecule has 0 unspecified atom stereocenters. The van der Waals surface area contributed by atoms with Gasteiger partial charge < -0.3 is 11.1 Å². The van der Waals surface area contributed by atoms with Gasteiger partial charge in [0.15, 0.2) is 5.78 Å². The third-order valence-corrected chi connectivity index (χ3v) is 3.52. The Hall–Kier alpha value is -1.72. The summed E-state index contributed by atoms with van der Waals surface area (Å²) in [6.07, 6.45) is 0.480. The lowest BCUT2D eigenvalue weighted by atomic mass is 10.0. The maximum Gasteiger partial charge on any atom is 0.221 e. The summed E-state index contributed by atoms with van der Waals surface area (Å²) >= 11 is 0. The van der Waals surface area contributed by atoms with E-state index in [0.29, 0.717) is 19.5 Å². The van der Waals surface area contributed by atoms with Crippen LogP contribution in [-0.2, 0) is 17.9 Å². The van der Waals surface area contributed by atoms with Gasteiger partial charge in [-0.25, -0.2) is 0 Å². The van der Waals surface area contributed by atoms with Crippen LogP contribution in [0.2, 0.25) is 0 Å². The standard InChI is InChI=1S/C15H21N3O2/c1-11(19)12-2-3-13-9-18(10-14(13)8-12)7-4-15(20)17-6-5-16/h2-3,8H,4-7,9-10,16H2,1H3,(H,17,20). The zero-order valence-corrected chi connectivity index (χ0v) is 11.8. The van der Waals surface area contributed by atoms with Crippen LogP contribution in [-0.4, -0.2) is 36.2 Å². The predicted molar refractivity (Wildman–Crippen MR) is 77.2 cm³/mol. The lowest BCUT2D eigenvalue weighted by Crippen LogP contribution is -2.31. The molecule has 0 aliphatic carbocycles. The summed E-state index contributed by atoms with van der Waals surface area (Å²) < 4.78 is 0. The first kappa shape index (κ1) is 14.7. The number of nitrogens with two attached hydrogens (primary N) is 1. The Balaban J connectivity index is 1.86. The fourth-order valence-corrected chi connectivity index (χ4v) is 2.40. The number of hydrogen-bond donors (Lipinski definition) is 2. The largest absolute Gasteiger partial charge is 0.355 e. The summed E-state index contributed by atoms with van der Waals surface area (Å²) in [4.78, 5) is 25.1. The molecule has 1 aromatic carbocycles. The van der Waals surface area contributed by atoms with Crippen molar-refractivity contribution in [2.24, 2.45) is 5.73 Å². The Morgan fingerprint density at radius 3 is 2.75 bits per heavy atom. The lowest BCUT2D eigenvalue weighted by molar-refractivity contribution is -0.121.